The molecular formula is C8H16N2O2. The molecule has 4 heteroatoms. The van der Waals surface area contributed by atoms with Crippen molar-refractivity contribution in [2.24, 2.45) is 0 Å². The largest absolute Gasteiger partial charge is 0.394 e. The molecule has 12 heavy (non-hydrogen) atoms. The summed E-state index contributed by atoms with van der Waals surface area (Å²) in [5.41, 5.74) is 0. The summed E-state index contributed by atoms with van der Waals surface area (Å²) < 4.78 is 0. The van der Waals surface area contributed by atoms with Gasteiger partial charge in [-0.15, -0.1) is 0 Å². The summed E-state index contributed by atoms with van der Waals surface area (Å²) in [4.78, 5) is 1.82. The molecule has 0 spiro atoms. The Morgan fingerprint density at radius 3 is 2.67 bits per heavy atom. The minimum atomic E-state index is -0.732. The van der Waals surface area contributed by atoms with E-state index in [4.69, 9.17) is 15.5 Å². The van der Waals surface area contributed by atoms with Crippen LogP contribution in [-0.2, 0) is 0 Å². The van der Waals surface area contributed by atoms with E-state index in [0.717, 1.165) is 13.0 Å². The minimum absolute atomic E-state index is 0.244. The van der Waals surface area contributed by atoms with Crippen molar-refractivity contribution in [2.75, 3.05) is 26.2 Å². The lowest BCUT2D eigenvalue weighted by atomic mass is 10.3. The van der Waals surface area contributed by atoms with Crippen molar-refractivity contribution in [1.82, 2.24) is 4.90 Å². The van der Waals surface area contributed by atoms with Crippen molar-refractivity contribution in [1.29, 1.82) is 5.26 Å². The molecule has 0 bridgehead atoms. The molecule has 1 unspecified atom stereocenters. The van der Waals surface area contributed by atoms with Crippen LogP contribution >= 0.6 is 0 Å². The van der Waals surface area contributed by atoms with E-state index < -0.39 is 6.10 Å². The highest BCUT2D eigenvalue weighted by Gasteiger charge is 2.08. The number of aliphatic hydroxyl groups excluding tert-OH is 2. The average molecular weight is 172 g/mol. The van der Waals surface area contributed by atoms with Gasteiger partial charge in [-0.25, -0.2) is 0 Å². The van der Waals surface area contributed by atoms with Gasteiger partial charge in [-0.1, -0.05) is 6.92 Å². The van der Waals surface area contributed by atoms with Crippen LogP contribution in [0.1, 0.15) is 13.3 Å². The monoisotopic (exact) mass is 172 g/mol. The minimum Gasteiger partial charge on any atom is -0.394 e. The van der Waals surface area contributed by atoms with Gasteiger partial charge >= 0.3 is 0 Å². The van der Waals surface area contributed by atoms with Crippen LogP contribution in [0.3, 0.4) is 0 Å². The Morgan fingerprint density at radius 2 is 2.25 bits per heavy atom. The maximum atomic E-state index is 9.08. The van der Waals surface area contributed by atoms with Gasteiger partial charge in [0.1, 0.15) is 0 Å². The summed E-state index contributed by atoms with van der Waals surface area (Å²) >= 11 is 0. The van der Waals surface area contributed by atoms with Gasteiger partial charge in [0.05, 0.1) is 25.3 Å². The van der Waals surface area contributed by atoms with E-state index in [0.29, 0.717) is 13.1 Å². The van der Waals surface area contributed by atoms with E-state index in [9.17, 15) is 0 Å². The van der Waals surface area contributed by atoms with Crippen molar-refractivity contribution in [3.63, 3.8) is 0 Å². The van der Waals surface area contributed by atoms with Gasteiger partial charge in [0.2, 0.25) is 0 Å². The fourth-order valence-electron chi connectivity index (χ4n) is 1.01. The van der Waals surface area contributed by atoms with Crippen LogP contribution in [0, 0.1) is 11.3 Å². The zero-order chi connectivity index (χ0) is 9.40. The third-order valence-corrected chi connectivity index (χ3v) is 1.51. The van der Waals surface area contributed by atoms with Crippen molar-refractivity contribution in [3.8, 4) is 6.07 Å². The Morgan fingerprint density at radius 1 is 1.58 bits per heavy atom. The molecule has 0 saturated carbocycles. The third kappa shape index (κ3) is 5.08. The van der Waals surface area contributed by atoms with Crippen molar-refractivity contribution < 1.29 is 10.2 Å². The van der Waals surface area contributed by atoms with E-state index in [1.54, 1.807) is 0 Å². The topological polar surface area (TPSA) is 67.5 Å². The smallest absolute Gasteiger partial charge is 0.0897 e. The second-order valence-corrected chi connectivity index (χ2v) is 2.73. The Labute approximate surface area is 73.0 Å². The third-order valence-electron chi connectivity index (χ3n) is 1.51. The average Bonchev–Trinajstić information content (AvgIpc) is 2.05. The van der Waals surface area contributed by atoms with Gasteiger partial charge in [0.15, 0.2) is 0 Å². The van der Waals surface area contributed by atoms with Gasteiger partial charge in [0.25, 0.3) is 0 Å². The maximum Gasteiger partial charge on any atom is 0.0897 e. The molecule has 0 aromatic rings. The highest BCUT2D eigenvalue weighted by molar-refractivity contribution is 4.77. The van der Waals surface area contributed by atoms with Crippen molar-refractivity contribution >= 4 is 0 Å². The van der Waals surface area contributed by atoms with Crippen LogP contribution in [-0.4, -0.2) is 47.5 Å². The number of nitriles is 1. The Kier molecular flexibility index (Phi) is 6.67. The van der Waals surface area contributed by atoms with Gasteiger partial charge < -0.3 is 10.2 Å². The number of hydrogen-bond donors (Lipinski definition) is 2. The first-order chi connectivity index (χ1) is 5.74. The second kappa shape index (κ2) is 7.04. The van der Waals surface area contributed by atoms with Crippen LogP contribution in [0.4, 0.5) is 0 Å². The molecule has 0 aliphatic carbocycles. The second-order valence-electron chi connectivity index (χ2n) is 2.73. The molecule has 0 aliphatic rings. The molecule has 70 valence electrons. The van der Waals surface area contributed by atoms with Crippen LogP contribution in [0.25, 0.3) is 0 Å². The summed E-state index contributed by atoms with van der Waals surface area (Å²) in [5.74, 6) is 0. The molecule has 0 fully saturated rings. The van der Waals surface area contributed by atoms with Gasteiger partial charge in [-0.05, 0) is 13.0 Å². The predicted octanol–water partition coefficient (Wildman–Crippen LogP) is -0.425. The summed E-state index contributed by atoms with van der Waals surface area (Å²) in [6.45, 7) is 3.23. The van der Waals surface area contributed by atoms with Crippen LogP contribution in [0.15, 0.2) is 0 Å². The SMILES string of the molecule is CCCN(CC#N)CC(O)CO. The molecule has 0 rings (SSSR count). The highest BCUT2D eigenvalue weighted by atomic mass is 16.3. The molecule has 0 heterocycles. The summed E-state index contributed by atoms with van der Waals surface area (Å²) in [5, 5.41) is 26.1. The van der Waals surface area contributed by atoms with E-state index in [2.05, 4.69) is 0 Å². The molecule has 0 radical (unpaired) electrons. The van der Waals surface area contributed by atoms with Gasteiger partial charge in [0, 0.05) is 6.54 Å². The van der Waals surface area contributed by atoms with Gasteiger partial charge in [-0.2, -0.15) is 5.26 Å². The van der Waals surface area contributed by atoms with E-state index in [-0.39, 0.29) is 6.61 Å². The molecule has 2 N–H and O–H groups in total. The Balaban J connectivity index is 3.70. The number of aliphatic hydroxyl groups is 2. The van der Waals surface area contributed by atoms with Gasteiger partial charge in [-0.3, -0.25) is 4.90 Å². The quantitative estimate of drug-likeness (QED) is 0.534. The standard InChI is InChI=1S/C8H16N2O2/c1-2-4-10(5-3-9)6-8(12)7-11/h8,11-12H,2,4-7H2,1H3. The summed E-state index contributed by atoms with van der Waals surface area (Å²) in [7, 11) is 0. The maximum absolute atomic E-state index is 9.08. The molecule has 0 amide bonds. The number of nitrogens with zero attached hydrogens (tertiary/aromatic N) is 2. The summed E-state index contributed by atoms with van der Waals surface area (Å²) in [6.07, 6.45) is 0.213. The fraction of sp³-hybridized carbons (Fsp3) is 0.875. The van der Waals surface area contributed by atoms with Crippen molar-refractivity contribution in [2.45, 2.75) is 19.4 Å². The molecule has 1 atom stereocenters. The lowest BCUT2D eigenvalue weighted by Gasteiger charge is -2.20. The zero-order valence-corrected chi connectivity index (χ0v) is 7.40. The molecule has 4 nitrogen and oxygen atoms in total. The highest BCUT2D eigenvalue weighted by Crippen LogP contribution is 1.93. The molecule has 0 aromatic carbocycles. The lowest BCUT2D eigenvalue weighted by molar-refractivity contribution is 0.0630. The van der Waals surface area contributed by atoms with E-state index >= 15 is 0 Å². The normalized spacial score (nSPS) is 12.9. The van der Waals surface area contributed by atoms with Crippen LogP contribution in [0.2, 0.25) is 0 Å². The van der Waals surface area contributed by atoms with E-state index in [1.165, 1.54) is 0 Å². The fourth-order valence-corrected chi connectivity index (χ4v) is 1.01. The Bertz CT molecular complexity index is 144. The molecule has 0 aromatic heterocycles. The summed E-state index contributed by atoms with van der Waals surface area (Å²) in [6, 6.07) is 2.02. The first kappa shape index (κ1) is 11.4. The van der Waals surface area contributed by atoms with Crippen LogP contribution in [0.5, 0.6) is 0 Å². The Hall–Kier alpha value is -0.630. The first-order valence-electron chi connectivity index (χ1n) is 4.12. The zero-order valence-electron chi connectivity index (χ0n) is 7.40. The lowest BCUT2D eigenvalue weighted by Crippen LogP contribution is -2.35. The first-order valence-corrected chi connectivity index (χ1v) is 4.12. The number of hydrogen-bond acceptors (Lipinski definition) is 4. The van der Waals surface area contributed by atoms with Crippen molar-refractivity contribution in [3.05, 3.63) is 0 Å². The number of rotatable bonds is 6. The van der Waals surface area contributed by atoms with Crippen LogP contribution < -0.4 is 0 Å². The molecule has 0 aliphatic heterocycles. The predicted molar refractivity (Wildman–Crippen MR) is 45.4 cm³/mol. The molecule has 0 saturated heterocycles. The molecular weight excluding hydrogens is 156 g/mol. The van der Waals surface area contributed by atoms with E-state index in [1.807, 2.05) is 17.9 Å².